The summed E-state index contributed by atoms with van der Waals surface area (Å²) < 4.78 is 30.6. The van der Waals surface area contributed by atoms with Crippen LogP contribution in [0.4, 0.5) is 0 Å². The van der Waals surface area contributed by atoms with Gasteiger partial charge in [-0.3, -0.25) is 4.98 Å². The lowest BCUT2D eigenvalue weighted by Crippen LogP contribution is -2.47. The van der Waals surface area contributed by atoms with Crippen LogP contribution in [-0.4, -0.2) is 43.1 Å². The van der Waals surface area contributed by atoms with Gasteiger partial charge in [0.2, 0.25) is 0 Å². The molecule has 2 heterocycles. The molecule has 1 saturated heterocycles. The van der Waals surface area contributed by atoms with E-state index in [4.69, 9.17) is 4.74 Å². The molecule has 0 radical (unpaired) electrons. The highest BCUT2D eigenvalue weighted by Gasteiger charge is 2.45. The molecule has 1 N–H and O–H groups in total. The number of sulfone groups is 1. The summed E-state index contributed by atoms with van der Waals surface area (Å²) in [5.74, 6) is 0. The van der Waals surface area contributed by atoms with E-state index in [9.17, 15) is 13.5 Å². The minimum absolute atomic E-state index is 0.257. The lowest BCUT2D eigenvalue weighted by atomic mass is 10.0. The van der Waals surface area contributed by atoms with E-state index in [0.29, 0.717) is 32.5 Å². The maximum absolute atomic E-state index is 13.2. The minimum atomic E-state index is -3.64. The summed E-state index contributed by atoms with van der Waals surface area (Å²) in [6.45, 7) is 2.30. The number of pyridine rings is 1. The summed E-state index contributed by atoms with van der Waals surface area (Å²) in [5, 5.41) is 11.0. The van der Waals surface area contributed by atoms with Gasteiger partial charge in [-0.2, -0.15) is 0 Å². The Balaban J connectivity index is 1.64. The van der Waals surface area contributed by atoms with E-state index < -0.39 is 14.6 Å². The van der Waals surface area contributed by atoms with Gasteiger partial charge < -0.3 is 9.84 Å². The Kier molecular flexibility index (Phi) is 5.42. The van der Waals surface area contributed by atoms with Gasteiger partial charge in [0.05, 0.1) is 17.0 Å². The number of rotatable bonds is 5. The van der Waals surface area contributed by atoms with E-state index in [0.717, 1.165) is 22.2 Å². The fourth-order valence-electron chi connectivity index (χ4n) is 4.05. The second-order valence-corrected chi connectivity index (χ2v) is 10.1. The van der Waals surface area contributed by atoms with Crippen LogP contribution in [0, 0.1) is 6.92 Å². The van der Waals surface area contributed by atoms with Gasteiger partial charge >= 0.3 is 0 Å². The number of ether oxygens (including phenoxy) is 1. The van der Waals surface area contributed by atoms with Crippen molar-refractivity contribution >= 4 is 20.7 Å². The lowest BCUT2D eigenvalue weighted by molar-refractivity contribution is 0.0559. The van der Waals surface area contributed by atoms with Crippen molar-refractivity contribution in [3.05, 3.63) is 71.4 Å². The molecule has 0 bridgehead atoms. The smallest absolute Gasteiger partial charge is 0.186 e. The monoisotopic (exact) mass is 411 g/mol. The van der Waals surface area contributed by atoms with Crippen LogP contribution >= 0.6 is 0 Å². The Morgan fingerprint density at radius 2 is 1.76 bits per heavy atom. The highest BCUT2D eigenvalue weighted by atomic mass is 32.2. The summed E-state index contributed by atoms with van der Waals surface area (Å²) in [6.07, 6.45) is 1.33. The number of aliphatic hydroxyl groups excluding tert-OH is 1. The van der Waals surface area contributed by atoms with Gasteiger partial charge in [0, 0.05) is 24.3 Å². The van der Waals surface area contributed by atoms with E-state index >= 15 is 0 Å². The highest BCUT2D eigenvalue weighted by molar-refractivity contribution is 7.92. The fraction of sp³-hybridized carbons (Fsp3) is 0.348. The number of nitrogens with zero attached hydrogens (tertiary/aromatic N) is 1. The minimum Gasteiger partial charge on any atom is -0.395 e. The first kappa shape index (κ1) is 20.0. The zero-order valence-corrected chi connectivity index (χ0v) is 17.3. The first-order valence-corrected chi connectivity index (χ1v) is 11.3. The van der Waals surface area contributed by atoms with Gasteiger partial charge in [0.1, 0.15) is 4.75 Å². The second kappa shape index (κ2) is 7.86. The van der Waals surface area contributed by atoms with Gasteiger partial charge in [-0.25, -0.2) is 8.42 Å². The van der Waals surface area contributed by atoms with E-state index in [1.165, 1.54) is 5.56 Å². The fourth-order valence-corrected chi connectivity index (χ4v) is 5.92. The predicted molar refractivity (Wildman–Crippen MR) is 113 cm³/mol. The quantitative estimate of drug-likeness (QED) is 0.696. The molecule has 2 aromatic carbocycles. The average molecular weight is 412 g/mol. The largest absolute Gasteiger partial charge is 0.395 e. The molecule has 5 nitrogen and oxygen atoms in total. The number of fused-ring (bicyclic) bond motifs is 1. The number of para-hydroxylation sites is 1. The maximum Gasteiger partial charge on any atom is 0.186 e. The van der Waals surface area contributed by atoms with Crippen molar-refractivity contribution in [2.24, 2.45) is 0 Å². The number of aryl methyl sites for hydroxylation is 1. The molecule has 0 aliphatic carbocycles. The molecule has 29 heavy (non-hydrogen) atoms. The van der Waals surface area contributed by atoms with E-state index in [-0.39, 0.29) is 11.5 Å². The Labute approximate surface area is 171 Å². The molecule has 3 aromatic rings. The van der Waals surface area contributed by atoms with Crippen LogP contribution in [-0.2, 0) is 21.0 Å². The van der Waals surface area contributed by atoms with E-state index in [1.807, 2.05) is 37.3 Å². The molecule has 6 heteroatoms. The third kappa shape index (κ3) is 3.68. The Hall–Kier alpha value is -2.28. The topological polar surface area (TPSA) is 76.5 Å². The van der Waals surface area contributed by atoms with Crippen molar-refractivity contribution in [1.29, 1.82) is 0 Å². The molecule has 1 aliphatic heterocycles. The van der Waals surface area contributed by atoms with Gasteiger partial charge in [-0.15, -0.1) is 0 Å². The Morgan fingerprint density at radius 1 is 1.07 bits per heavy atom. The van der Waals surface area contributed by atoms with Crippen molar-refractivity contribution in [3.63, 3.8) is 0 Å². The van der Waals surface area contributed by atoms with E-state index in [2.05, 4.69) is 17.1 Å². The van der Waals surface area contributed by atoms with Gasteiger partial charge in [0.15, 0.2) is 9.84 Å². The maximum atomic E-state index is 13.2. The van der Waals surface area contributed by atoms with Crippen LogP contribution in [0.2, 0.25) is 0 Å². The number of hydrogen-bond acceptors (Lipinski definition) is 5. The van der Waals surface area contributed by atoms with Crippen LogP contribution in [0.5, 0.6) is 0 Å². The standard InChI is InChI=1S/C23H25NO4S/c1-17-14-19(21-4-2-3-5-22(21)24-17)15-18-6-8-20(9-7-18)29(26,27)23(16-25)10-12-28-13-11-23/h2-9,14,25H,10-13,15-16H2,1H3. The SMILES string of the molecule is Cc1cc(Cc2ccc(S(=O)(=O)C3(CO)CCOCC3)cc2)c2ccccc2n1. The molecule has 0 atom stereocenters. The first-order chi connectivity index (χ1) is 13.9. The molecule has 1 aliphatic rings. The Morgan fingerprint density at radius 3 is 2.45 bits per heavy atom. The lowest BCUT2D eigenvalue weighted by Gasteiger charge is -2.34. The van der Waals surface area contributed by atoms with Gasteiger partial charge in [-0.05, 0) is 61.6 Å². The molecule has 1 aromatic heterocycles. The first-order valence-electron chi connectivity index (χ1n) is 9.83. The van der Waals surface area contributed by atoms with Crippen molar-refractivity contribution in [2.45, 2.75) is 35.8 Å². The molecule has 0 spiro atoms. The Bertz CT molecular complexity index is 1120. The molecular weight excluding hydrogens is 386 g/mol. The van der Waals surface area contributed by atoms with Crippen LogP contribution in [0.15, 0.2) is 59.5 Å². The summed E-state index contributed by atoms with van der Waals surface area (Å²) in [4.78, 5) is 4.84. The van der Waals surface area contributed by atoms with E-state index in [1.54, 1.807) is 12.1 Å². The average Bonchev–Trinajstić information content (AvgIpc) is 2.74. The molecular formula is C23H25NO4S. The summed E-state index contributed by atoms with van der Waals surface area (Å²) in [6, 6.07) is 17.2. The third-order valence-electron chi connectivity index (χ3n) is 5.82. The molecule has 152 valence electrons. The van der Waals surface area contributed by atoms with Crippen LogP contribution in [0.3, 0.4) is 0 Å². The molecule has 0 amide bonds. The van der Waals surface area contributed by atoms with Crippen molar-refractivity contribution < 1.29 is 18.3 Å². The zero-order chi connectivity index (χ0) is 20.5. The van der Waals surface area contributed by atoms with Crippen molar-refractivity contribution in [2.75, 3.05) is 19.8 Å². The third-order valence-corrected chi connectivity index (χ3v) is 8.39. The normalized spacial score (nSPS) is 16.8. The van der Waals surface area contributed by atoms with Gasteiger partial charge in [-0.1, -0.05) is 30.3 Å². The van der Waals surface area contributed by atoms with Crippen molar-refractivity contribution in [3.8, 4) is 0 Å². The summed E-state index contributed by atoms with van der Waals surface area (Å²) >= 11 is 0. The molecule has 0 saturated carbocycles. The number of hydrogen-bond donors (Lipinski definition) is 1. The predicted octanol–water partition coefficient (Wildman–Crippen LogP) is 3.45. The van der Waals surface area contributed by atoms with Crippen LogP contribution in [0.25, 0.3) is 10.9 Å². The van der Waals surface area contributed by atoms with Crippen LogP contribution in [0.1, 0.15) is 29.7 Å². The molecule has 0 unspecified atom stereocenters. The molecule has 1 fully saturated rings. The highest BCUT2D eigenvalue weighted by Crippen LogP contribution is 2.34. The number of benzene rings is 2. The summed E-state index contributed by atoms with van der Waals surface area (Å²) in [5.41, 5.74) is 4.12. The van der Waals surface area contributed by atoms with Crippen LogP contribution < -0.4 is 0 Å². The number of aliphatic hydroxyl groups is 1. The molecule has 4 rings (SSSR count). The van der Waals surface area contributed by atoms with Gasteiger partial charge in [0.25, 0.3) is 0 Å². The number of aromatic nitrogens is 1. The van der Waals surface area contributed by atoms with Crippen molar-refractivity contribution in [1.82, 2.24) is 4.98 Å². The summed E-state index contributed by atoms with van der Waals surface area (Å²) in [7, 11) is -3.64. The second-order valence-electron chi connectivity index (χ2n) is 7.72. The zero-order valence-electron chi connectivity index (χ0n) is 16.5.